The lowest BCUT2D eigenvalue weighted by Crippen LogP contribution is -2.42. The van der Waals surface area contributed by atoms with Gasteiger partial charge in [0.2, 0.25) is 11.8 Å². The van der Waals surface area contributed by atoms with E-state index >= 15 is 0 Å². The summed E-state index contributed by atoms with van der Waals surface area (Å²) in [4.78, 5) is 20.4. The number of carbonyl (C=O) groups is 1. The Labute approximate surface area is 134 Å². The van der Waals surface area contributed by atoms with Crippen LogP contribution in [-0.2, 0) is 11.3 Å². The summed E-state index contributed by atoms with van der Waals surface area (Å²) in [6.07, 6.45) is 3.49. The van der Waals surface area contributed by atoms with Crippen molar-refractivity contribution in [3.63, 3.8) is 0 Å². The summed E-state index contributed by atoms with van der Waals surface area (Å²) in [5.74, 6) is 0.307. The van der Waals surface area contributed by atoms with Crippen LogP contribution >= 0.6 is 0 Å². The molecule has 1 aliphatic rings. The van der Waals surface area contributed by atoms with Crippen LogP contribution in [0.4, 0.5) is 4.39 Å². The number of amides is 1. The first-order valence-corrected chi connectivity index (χ1v) is 7.70. The zero-order valence-corrected chi connectivity index (χ0v) is 13.3. The van der Waals surface area contributed by atoms with Gasteiger partial charge in [0.05, 0.1) is 11.7 Å². The summed E-state index contributed by atoms with van der Waals surface area (Å²) in [5.41, 5.74) is 1.52. The maximum absolute atomic E-state index is 13.0. The molecule has 122 valence electrons. The number of oxazole rings is 1. The zero-order valence-electron chi connectivity index (χ0n) is 13.3. The first-order chi connectivity index (χ1) is 11.0. The van der Waals surface area contributed by atoms with Gasteiger partial charge in [0.15, 0.2) is 0 Å². The smallest absolute Gasteiger partial charge is 0.239 e. The van der Waals surface area contributed by atoms with Crippen LogP contribution in [0.3, 0.4) is 0 Å². The van der Waals surface area contributed by atoms with Gasteiger partial charge in [-0.05, 0) is 43.7 Å². The predicted octanol–water partition coefficient (Wildman–Crippen LogP) is 2.53. The maximum atomic E-state index is 13.0. The molecule has 1 aromatic carbocycles. The van der Waals surface area contributed by atoms with Crippen LogP contribution in [0.1, 0.15) is 18.5 Å². The molecule has 0 bridgehead atoms. The van der Waals surface area contributed by atoms with E-state index in [1.165, 1.54) is 12.1 Å². The molecule has 6 heteroatoms. The highest BCUT2D eigenvalue weighted by Gasteiger charge is 2.32. The quantitative estimate of drug-likeness (QED) is 0.869. The van der Waals surface area contributed by atoms with Crippen LogP contribution in [0.5, 0.6) is 0 Å². The molecular formula is C17H20FN3O2. The van der Waals surface area contributed by atoms with Gasteiger partial charge in [-0.2, -0.15) is 0 Å². The molecule has 0 aliphatic carbocycles. The van der Waals surface area contributed by atoms with Gasteiger partial charge in [-0.15, -0.1) is 0 Å². The largest absolute Gasteiger partial charge is 0.444 e. The number of hydrogen-bond acceptors (Lipinski definition) is 4. The molecule has 23 heavy (non-hydrogen) atoms. The van der Waals surface area contributed by atoms with E-state index in [4.69, 9.17) is 4.42 Å². The highest BCUT2D eigenvalue weighted by atomic mass is 19.1. The standard InChI is InChI=1S/C17H20FN3O2/c1-20(2)17(22)15-4-3-9-21(15)10-14-11-23-16(19-14)12-5-7-13(18)8-6-12/h5-8,11,15H,3-4,9-10H2,1-2H3/t15-/m1/s1. The van der Waals surface area contributed by atoms with E-state index in [-0.39, 0.29) is 17.8 Å². The molecule has 0 N–H and O–H groups in total. The number of likely N-dealkylation sites (N-methyl/N-ethyl adjacent to an activating group) is 1. The maximum Gasteiger partial charge on any atom is 0.239 e. The van der Waals surface area contributed by atoms with Crippen LogP contribution < -0.4 is 0 Å². The topological polar surface area (TPSA) is 49.6 Å². The SMILES string of the molecule is CN(C)C(=O)[C@H]1CCCN1Cc1coc(-c2ccc(F)cc2)n1. The Morgan fingerprint density at radius 2 is 2.13 bits per heavy atom. The van der Waals surface area contributed by atoms with Gasteiger partial charge in [-0.1, -0.05) is 0 Å². The fourth-order valence-corrected chi connectivity index (χ4v) is 2.91. The predicted molar refractivity (Wildman–Crippen MR) is 84.0 cm³/mol. The molecule has 0 unspecified atom stereocenters. The molecule has 1 amide bonds. The lowest BCUT2D eigenvalue weighted by atomic mass is 10.2. The van der Waals surface area contributed by atoms with Crippen LogP contribution in [0.2, 0.25) is 0 Å². The highest BCUT2D eigenvalue weighted by molar-refractivity contribution is 5.81. The lowest BCUT2D eigenvalue weighted by molar-refractivity contribution is -0.133. The van der Waals surface area contributed by atoms with Crippen molar-refractivity contribution in [3.8, 4) is 11.5 Å². The minimum absolute atomic E-state index is 0.0871. The van der Waals surface area contributed by atoms with Gasteiger partial charge in [-0.25, -0.2) is 9.37 Å². The summed E-state index contributed by atoms with van der Waals surface area (Å²) < 4.78 is 18.5. The van der Waals surface area contributed by atoms with E-state index in [0.29, 0.717) is 12.4 Å². The minimum Gasteiger partial charge on any atom is -0.444 e. The van der Waals surface area contributed by atoms with Gasteiger partial charge in [0.25, 0.3) is 0 Å². The summed E-state index contributed by atoms with van der Waals surface area (Å²) in [6.45, 7) is 1.46. The van der Waals surface area contributed by atoms with Gasteiger partial charge < -0.3 is 9.32 Å². The number of carbonyl (C=O) groups excluding carboxylic acids is 1. The number of halogens is 1. The van der Waals surface area contributed by atoms with Gasteiger partial charge in [-0.3, -0.25) is 9.69 Å². The van der Waals surface area contributed by atoms with Crippen molar-refractivity contribution in [2.45, 2.75) is 25.4 Å². The normalized spacial score (nSPS) is 18.3. The minimum atomic E-state index is -0.289. The van der Waals surface area contributed by atoms with Crippen molar-refractivity contribution < 1.29 is 13.6 Å². The van der Waals surface area contributed by atoms with Crippen molar-refractivity contribution in [3.05, 3.63) is 42.0 Å². The van der Waals surface area contributed by atoms with Crippen LogP contribution in [-0.4, -0.2) is 47.4 Å². The summed E-state index contributed by atoms with van der Waals surface area (Å²) in [5, 5.41) is 0. The molecule has 0 saturated carbocycles. The lowest BCUT2D eigenvalue weighted by Gasteiger charge is -2.25. The van der Waals surface area contributed by atoms with Crippen LogP contribution in [0, 0.1) is 5.82 Å². The van der Waals surface area contributed by atoms with Crippen molar-refractivity contribution >= 4 is 5.91 Å². The number of benzene rings is 1. The summed E-state index contributed by atoms with van der Waals surface area (Å²) in [7, 11) is 3.56. The molecular weight excluding hydrogens is 297 g/mol. The fourth-order valence-electron chi connectivity index (χ4n) is 2.91. The Kier molecular flexibility index (Phi) is 4.43. The molecule has 3 rings (SSSR count). The average Bonchev–Trinajstić information content (AvgIpc) is 3.17. The second-order valence-corrected chi connectivity index (χ2v) is 6.01. The number of hydrogen-bond donors (Lipinski definition) is 0. The third kappa shape index (κ3) is 3.42. The zero-order chi connectivity index (χ0) is 16.4. The van der Waals surface area contributed by atoms with Gasteiger partial charge in [0, 0.05) is 26.2 Å². The molecule has 1 aliphatic heterocycles. The third-order valence-electron chi connectivity index (χ3n) is 4.10. The number of nitrogens with zero attached hydrogens (tertiary/aromatic N) is 3. The van der Waals surface area contributed by atoms with Gasteiger partial charge >= 0.3 is 0 Å². The van der Waals surface area contributed by atoms with E-state index in [9.17, 15) is 9.18 Å². The molecule has 1 fully saturated rings. The fraction of sp³-hybridized carbons (Fsp3) is 0.412. The van der Waals surface area contributed by atoms with E-state index in [0.717, 1.165) is 30.6 Å². The molecule has 0 radical (unpaired) electrons. The third-order valence-corrected chi connectivity index (χ3v) is 4.10. The van der Waals surface area contributed by atoms with Crippen molar-refractivity contribution in [1.29, 1.82) is 0 Å². The van der Waals surface area contributed by atoms with E-state index < -0.39 is 0 Å². The molecule has 1 aromatic heterocycles. The number of likely N-dealkylation sites (tertiary alicyclic amines) is 1. The van der Waals surface area contributed by atoms with Crippen LogP contribution in [0.15, 0.2) is 34.9 Å². The second kappa shape index (κ2) is 6.50. The summed E-state index contributed by atoms with van der Waals surface area (Å²) in [6, 6.07) is 5.95. The molecule has 0 spiro atoms. The Hall–Kier alpha value is -2.21. The molecule has 2 heterocycles. The molecule has 5 nitrogen and oxygen atoms in total. The molecule has 1 saturated heterocycles. The van der Waals surface area contributed by atoms with Crippen LogP contribution in [0.25, 0.3) is 11.5 Å². The van der Waals surface area contributed by atoms with Gasteiger partial charge in [0.1, 0.15) is 12.1 Å². The first-order valence-electron chi connectivity index (χ1n) is 7.70. The number of rotatable bonds is 4. The summed E-state index contributed by atoms with van der Waals surface area (Å²) >= 11 is 0. The van der Waals surface area contributed by atoms with E-state index in [1.807, 2.05) is 0 Å². The first kappa shape index (κ1) is 15.7. The van der Waals surface area contributed by atoms with E-state index in [2.05, 4.69) is 9.88 Å². The monoisotopic (exact) mass is 317 g/mol. The van der Waals surface area contributed by atoms with Crippen molar-refractivity contribution in [1.82, 2.24) is 14.8 Å². The Bertz CT molecular complexity index is 681. The average molecular weight is 317 g/mol. The molecule has 1 atom stereocenters. The Balaban J connectivity index is 1.71. The second-order valence-electron chi connectivity index (χ2n) is 6.01. The van der Waals surface area contributed by atoms with E-state index in [1.54, 1.807) is 37.4 Å². The Morgan fingerprint density at radius 1 is 1.39 bits per heavy atom. The molecule has 2 aromatic rings. The van der Waals surface area contributed by atoms with Crippen molar-refractivity contribution in [2.24, 2.45) is 0 Å². The Morgan fingerprint density at radius 3 is 2.83 bits per heavy atom. The number of aromatic nitrogens is 1. The highest BCUT2D eigenvalue weighted by Crippen LogP contribution is 2.23. The van der Waals surface area contributed by atoms with Crippen molar-refractivity contribution in [2.75, 3.05) is 20.6 Å².